The Hall–Kier alpha value is -3.97. The first-order valence-corrected chi connectivity index (χ1v) is 12.1. The smallest absolute Gasteiger partial charge is 0.353 e. The first-order chi connectivity index (χ1) is 18.4. The molecule has 0 saturated carbocycles. The van der Waals surface area contributed by atoms with Crippen LogP contribution in [0.3, 0.4) is 0 Å². The third kappa shape index (κ3) is 5.45. The van der Waals surface area contributed by atoms with Crippen molar-refractivity contribution in [3.8, 4) is 0 Å². The van der Waals surface area contributed by atoms with Gasteiger partial charge < -0.3 is 9.80 Å². The second-order valence-corrected chi connectivity index (χ2v) is 9.49. The van der Waals surface area contributed by atoms with Gasteiger partial charge in [0.1, 0.15) is 11.4 Å². The van der Waals surface area contributed by atoms with Crippen molar-refractivity contribution in [1.29, 1.82) is 0 Å². The Morgan fingerprint density at radius 1 is 1.00 bits per heavy atom. The van der Waals surface area contributed by atoms with E-state index in [0.29, 0.717) is 38.0 Å². The number of piperidine rings is 1. The maximum absolute atomic E-state index is 13.4. The summed E-state index contributed by atoms with van der Waals surface area (Å²) < 4.78 is 78.5. The molecule has 0 bridgehead atoms. The number of alkyl halides is 6. The minimum Gasteiger partial charge on any atom is -0.353 e. The highest BCUT2D eigenvalue weighted by atomic mass is 19.4. The summed E-state index contributed by atoms with van der Waals surface area (Å²) in [6, 6.07) is 7.16. The summed E-state index contributed by atoms with van der Waals surface area (Å²) >= 11 is 0. The fraction of sp³-hybridized carbons (Fsp3) is 0.400. The van der Waals surface area contributed by atoms with Crippen LogP contribution in [-0.2, 0) is 23.6 Å². The lowest BCUT2D eigenvalue weighted by Crippen LogP contribution is -2.44. The molecule has 5 rings (SSSR count). The summed E-state index contributed by atoms with van der Waals surface area (Å²) in [6.07, 6.45) is -6.69. The number of likely N-dealkylation sites (tertiary alicyclic amines) is 1. The monoisotopic (exact) mass is 552 g/mol. The van der Waals surface area contributed by atoms with E-state index in [1.807, 2.05) is 11.2 Å². The summed E-state index contributed by atoms with van der Waals surface area (Å²) in [7, 11) is 0. The molecule has 206 valence electrons. The van der Waals surface area contributed by atoms with E-state index in [0.717, 1.165) is 24.0 Å². The van der Waals surface area contributed by atoms with Gasteiger partial charge in [-0.3, -0.25) is 9.59 Å². The van der Waals surface area contributed by atoms with E-state index in [9.17, 15) is 35.9 Å². The number of benzene rings is 1. The SMILES string of the molecule is O=C(CN1c2ccccc2CC1c1cc(C(F)(F)F)c(=O)[nH]n1)N1CCC(c2ncc(C(F)(F)F)cn2)CC1. The third-order valence-electron chi connectivity index (χ3n) is 7.08. The Morgan fingerprint density at radius 2 is 1.67 bits per heavy atom. The van der Waals surface area contributed by atoms with Crippen molar-refractivity contribution in [3.05, 3.63) is 81.3 Å². The van der Waals surface area contributed by atoms with Crippen LogP contribution in [0.15, 0.2) is 47.5 Å². The molecule has 4 heterocycles. The predicted molar refractivity (Wildman–Crippen MR) is 126 cm³/mol. The van der Waals surface area contributed by atoms with E-state index in [-0.39, 0.29) is 29.9 Å². The molecular formula is C25H22F6N6O2. The minimum absolute atomic E-state index is 0.0101. The van der Waals surface area contributed by atoms with E-state index >= 15 is 0 Å². The molecule has 0 radical (unpaired) electrons. The zero-order chi connectivity index (χ0) is 27.9. The molecule has 0 spiro atoms. The quantitative estimate of drug-likeness (QED) is 0.490. The van der Waals surface area contributed by atoms with Gasteiger partial charge in [0.05, 0.1) is 23.8 Å². The van der Waals surface area contributed by atoms with Gasteiger partial charge in [0.25, 0.3) is 5.56 Å². The average Bonchev–Trinajstić information content (AvgIpc) is 3.26. The first-order valence-electron chi connectivity index (χ1n) is 12.1. The number of amides is 1. The molecule has 1 atom stereocenters. The van der Waals surface area contributed by atoms with Crippen LogP contribution in [0.1, 0.15) is 53.0 Å². The number of nitrogens with zero attached hydrogens (tertiary/aromatic N) is 5. The van der Waals surface area contributed by atoms with Crippen molar-refractivity contribution in [3.63, 3.8) is 0 Å². The molecule has 39 heavy (non-hydrogen) atoms. The lowest BCUT2D eigenvalue weighted by molar-refractivity contribution is -0.139. The van der Waals surface area contributed by atoms with E-state index < -0.39 is 35.1 Å². The molecule has 8 nitrogen and oxygen atoms in total. The van der Waals surface area contributed by atoms with Gasteiger partial charge in [0, 0.05) is 43.5 Å². The normalized spacial score (nSPS) is 18.4. The Kier molecular flexibility index (Phi) is 6.81. The third-order valence-corrected chi connectivity index (χ3v) is 7.08. The van der Waals surface area contributed by atoms with Gasteiger partial charge in [0.15, 0.2) is 0 Å². The highest BCUT2D eigenvalue weighted by Crippen LogP contribution is 2.40. The number of anilines is 1. The molecule has 1 amide bonds. The molecule has 1 fully saturated rings. The Morgan fingerprint density at radius 3 is 2.31 bits per heavy atom. The maximum Gasteiger partial charge on any atom is 0.421 e. The summed E-state index contributed by atoms with van der Waals surface area (Å²) in [5, 5.41) is 5.79. The zero-order valence-electron chi connectivity index (χ0n) is 20.3. The highest BCUT2D eigenvalue weighted by Gasteiger charge is 2.39. The lowest BCUT2D eigenvalue weighted by Gasteiger charge is -2.34. The molecule has 1 saturated heterocycles. The predicted octanol–water partition coefficient (Wildman–Crippen LogP) is 4.11. The van der Waals surface area contributed by atoms with Gasteiger partial charge in [-0.15, -0.1) is 0 Å². The number of hydrogen-bond donors (Lipinski definition) is 1. The van der Waals surface area contributed by atoms with Gasteiger partial charge in [0.2, 0.25) is 5.91 Å². The number of halogens is 6. The van der Waals surface area contributed by atoms with Crippen molar-refractivity contribution in [2.24, 2.45) is 0 Å². The Balaban J connectivity index is 1.30. The van der Waals surface area contributed by atoms with Crippen molar-refractivity contribution >= 4 is 11.6 Å². The van der Waals surface area contributed by atoms with Crippen LogP contribution >= 0.6 is 0 Å². The van der Waals surface area contributed by atoms with Crippen LogP contribution in [0.4, 0.5) is 32.0 Å². The van der Waals surface area contributed by atoms with Gasteiger partial charge in [-0.1, -0.05) is 18.2 Å². The number of rotatable bonds is 4. The average molecular weight is 552 g/mol. The van der Waals surface area contributed by atoms with Gasteiger partial charge in [-0.2, -0.15) is 31.4 Å². The van der Waals surface area contributed by atoms with Crippen LogP contribution in [-0.4, -0.2) is 50.6 Å². The number of carbonyl (C=O) groups is 1. The largest absolute Gasteiger partial charge is 0.421 e. The van der Waals surface area contributed by atoms with Crippen LogP contribution < -0.4 is 10.5 Å². The number of nitrogens with one attached hydrogen (secondary N) is 1. The molecule has 14 heteroatoms. The zero-order valence-corrected chi connectivity index (χ0v) is 20.3. The Labute approximate surface area is 217 Å². The van der Waals surface area contributed by atoms with E-state index in [1.165, 1.54) is 0 Å². The molecular weight excluding hydrogens is 530 g/mol. The molecule has 0 aliphatic carbocycles. The number of aromatic nitrogens is 4. The molecule has 1 aromatic carbocycles. The van der Waals surface area contributed by atoms with Gasteiger partial charge >= 0.3 is 12.4 Å². The van der Waals surface area contributed by atoms with Crippen LogP contribution in [0.2, 0.25) is 0 Å². The van der Waals surface area contributed by atoms with Gasteiger partial charge in [-0.25, -0.2) is 15.1 Å². The molecule has 2 aliphatic rings. The van der Waals surface area contributed by atoms with Crippen molar-refractivity contribution in [1.82, 2.24) is 25.1 Å². The number of carbonyl (C=O) groups excluding carboxylic acids is 1. The van der Waals surface area contributed by atoms with Crippen LogP contribution in [0, 0.1) is 0 Å². The number of H-pyrrole nitrogens is 1. The van der Waals surface area contributed by atoms with E-state index in [2.05, 4.69) is 15.1 Å². The van der Waals surface area contributed by atoms with Crippen molar-refractivity contribution in [2.45, 2.75) is 43.6 Å². The van der Waals surface area contributed by atoms with Crippen molar-refractivity contribution in [2.75, 3.05) is 24.5 Å². The molecule has 3 aromatic rings. The second-order valence-electron chi connectivity index (χ2n) is 9.49. The second kappa shape index (κ2) is 9.97. The highest BCUT2D eigenvalue weighted by molar-refractivity contribution is 5.83. The number of fused-ring (bicyclic) bond motifs is 1. The maximum atomic E-state index is 13.4. The summed E-state index contributed by atoms with van der Waals surface area (Å²) in [6.45, 7) is 0.512. The van der Waals surface area contributed by atoms with E-state index in [1.54, 1.807) is 28.0 Å². The summed E-state index contributed by atoms with van der Waals surface area (Å²) in [5.41, 5.74) is -2.13. The number of hydrogen-bond acceptors (Lipinski definition) is 6. The molecule has 2 aliphatic heterocycles. The van der Waals surface area contributed by atoms with Crippen LogP contribution in [0.5, 0.6) is 0 Å². The number of para-hydroxylation sites is 1. The van der Waals surface area contributed by atoms with Crippen LogP contribution in [0.25, 0.3) is 0 Å². The molecule has 1 N–H and O–H groups in total. The molecule has 1 unspecified atom stereocenters. The van der Waals surface area contributed by atoms with E-state index in [4.69, 9.17) is 0 Å². The first kappa shape index (κ1) is 26.6. The molecule has 2 aromatic heterocycles. The standard InChI is InChI=1S/C25H22F6N6O2/c26-24(27,28)16-11-32-22(33-12-16)14-5-7-36(8-6-14)21(38)13-37-19-4-2-1-3-15(19)9-20(37)18-10-17(25(29,30)31)23(39)35-34-18/h1-4,10-12,14,20H,5-9,13H2,(H,35,39). The minimum atomic E-state index is -4.86. The summed E-state index contributed by atoms with van der Waals surface area (Å²) in [5.74, 6) is -0.181. The Bertz CT molecular complexity index is 1410. The lowest BCUT2D eigenvalue weighted by atomic mass is 9.95. The number of aromatic amines is 1. The van der Waals surface area contributed by atoms with Crippen molar-refractivity contribution < 1.29 is 31.1 Å². The topological polar surface area (TPSA) is 95.1 Å². The fourth-order valence-electron chi connectivity index (χ4n) is 5.04. The fourth-order valence-corrected chi connectivity index (χ4v) is 5.04. The van der Waals surface area contributed by atoms with Gasteiger partial charge in [-0.05, 0) is 30.5 Å². The summed E-state index contributed by atoms with van der Waals surface area (Å²) in [4.78, 5) is 36.1.